The van der Waals surface area contributed by atoms with E-state index in [0.29, 0.717) is 5.92 Å². The van der Waals surface area contributed by atoms with Crippen molar-refractivity contribution < 1.29 is 14.6 Å². The molecular formula is C11H16O3. The zero-order valence-electron chi connectivity index (χ0n) is 8.24. The maximum atomic E-state index is 11.2. The summed E-state index contributed by atoms with van der Waals surface area (Å²) in [6.45, 7) is 0.779. The predicted molar refractivity (Wildman–Crippen MR) is 49.9 cm³/mol. The van der Waals surface area contributed by atoms with Crippen LogP contribution >= 0.6 is 0 Å². The normalized spacial score (nSPS) is 43.6. The fourth-order valence-corrected chi connectivity index (χ4v) is 4.08. The quantitative estimate of drug-likeness (QED) is 0.693. The molecule has 2 saturated carbocycles. The van der Waals surface area contributed by atoms with Gasteiger partial charge in [-0.25, -0.2) is 0 Å². The molecule has 0 aromatic heterocycles. The first-order valence-corrected chi connectivity index (χ1v) is 5.60. The minimum Gasteiger partial charge on any atom is -0.481 e. The van der Waals surface area contributed by atoms with Crippen molar-refractivity contribution in [2.24, 2.45) is 17.3 Å². The molecule has 2 aliphatic carbocycles. The fraction of sp³-hybridized carbons (Fsp3) is 0.909. The fourth-order valence-electron chi connectivity index (χ4n) is 4.08. The van der Waals surface area contributed by atoms with E-state index in [4.69, 9.17) is 4.74 Å². The first-order valence-electron chi connectivity index (χ1n) is 5.60. The van der Waals surface area contributed by atoms with Gasteiger partial charge >= 0.3 is 5.97 Å². The summed E-state index contributed by atoms with van der Waals surface area (Å²) in [6, 6.07) is 0. The van der Waals surface area contributed by atoms with Gasteiger partial charge < -0.3 is 9.84 Å². The molecule has 0 radical (unpaired) electrons. The molecule has 1 spiro atoms. The molecule has 1 aliphatic heterocycles. The van der Waals surface area contributed by atoms with Crippen LogP contribution in [0.3, 0.4) is 0 Å². The smallest absolute Gasteiger partial charge is 0.307 e. The van der Waals surface area contributed by atoms with Gasteiger partial charge in [0.1, 0.15) is 0 Å². The lowest BCUT2D eigenvalue weighted by Crippen LogP contribution is -2.60. The summed E-state index contributed by atoms with van der Waals surface area (Å²) in [5.74, 6) is -0.359. The lowest BCUT2D eigenvalue weighted by molar-refractivity contribution is -0.189. The highest BCUT2D eigenvalue weighted by atomic mass is 16.5. The van der Waals surface area contributed by atoms with Crippen molar-refractivity contribution in [3.8, 4) is 0 Å². The average Bonchev–Trinajstić information content (AvgIpc) is 2.68. The summed E-state index contributed by atoms with van der Waals surface area (Å²) in [5, 5.41) is 9.25. The lowest BCUT2D eigenvalue weighted by Gasteiger charge is -2.54. The van der Waals surface area contributed by atoms with Gasteiger partial charge in [0.15, 0.2) is 0 Å². The zero-order chi connectivity index (χ0) is 9.76. The van der Waals surface area contributed by atoms with E-state index in [0.717, 1.165) is 25.9 Å². The van der Waals surface area contributed by atoms with E-state index in [-0.39, 0.29) is 17.4 Å². The van der Waals surface area contributed by atoms with Crippen molar-refractivity contribution in [2.75, 3.05) is 6.61 Å². The van der Waals surface area contributed by atoms with Crippen LogP contribution in [0.5, 0.6) is 0 Å². The van der Waals surface area contributed by atoms with Gasteiger partial charge in [0.25, 0.3) is 0 Å². The lowest BCUT2D eigenvalue weighted by atomic mass is 9.50. The Morgan fingerprint density at radius 2 is 2.07 bits per heavy atom. The number of carbonyl (C=O) groups is 1. The Morgan fingerprint density at radius 1 is 1.36 bits per heavy atom. The molecule has 1 N–H and O–H groups in total. The molecule has 1 saturated heterocycles. The summed E-state index contributed by atoms with van der Waals surface area (Å²) >= 11 is 0. The Labute approximate surface area is 83.4 Å². The largest absolute Gasteiger partial charge is 0.481 e. The number of hydrogen-bond acceptors (Lipinski definition) is 2. The van der Waals surface area contributed by atoms with E-state index < -0.39 is 5.97 Å². The van der Waals surface area contributed by atoms with Crippen LogP contribution in [0.15, 0.2) is 0 Å². The number of carboxylic acids is 1. The monoisotopic (exact) mass is 196 g/mol. The molecule has 3 heteroatoms. The Morgan fingerprint density at radius 3 is 2.71 bits per heavy atom. The molecule has 0 aromatic rings. The first-order chi connectivity index (χ1) is 6.76. The molecule has 3 atom stereocenters. The third kappa shape index (κ3) is 0.842. The first kappa shape index (κ1) is 8.72. The van der Waals surface area contributed by atoms with Crippen LogP contribution in [0.2, 0.25) is 0 Å². The highest BCUT2D eigenvalue weighted by Gasteiger charge is 2.67. The van der Waals surface area contributed by atoms with E-state index in [2.05, 4.69) is 0 Å². The summed E-state index contributed by atoms with van der Waals surface area (Å²) in [7, 11) is 0. The topological polar surface area (TPSA) is 46.5 Å². The Balaban J connectivity index is 1.91. The third-order valence-corrected chi connectivity index (χ3v) is 4.55. The van der Waals surface area contributed by atoms with Crippen molar-refractivity contribution in [1.82, 2.24) is 0 Å². The van der Waals surface area contributed by atoms with Crippen LogP contribution in [-0.2, 0) is 9.53 Å². The molecular weight excluding hydrogens is 180 g/mol. The maximum absolute atomic E-state index is 11.2. The zero-order valence-corrected chi connectivity index (χ0v) is 8.24. The summed E-state index contributed by atoms with van der Waals surface area (Å²) in [6.07, 6.45) is 5.78. The van der Waals surface area contributed by atoms with Crippen LogP contribution in [0.25, 0.3) is 0 Å². The second-order valence-electron chi connectivity index (χ2n) is 5.00. The SMILES string of the molecule is O=C(O)[C@@H]1[C@@H]2CCO[C@H]2C12CCCC2. The molecule has 0 unspecified atom stereocenters. The van der Waals surface area contributed by atoms with E-state index in [1.165, 1.54) is 12.8 Å². The van der Waals surface area contributed by atoms with E-state index in [1.807, 2.05) is 0 Å². The van der Waals surface area contributed by atoms with Crippen LogP contribution < -0.4 is 0 Å². The molecule has 0 bridgehead atoms. The number of hydrogen-bond donors (Lipinski definition) is 1. The number of aliphatic carboxylic acids is 1. The van der Waals surface area contributed by atoms with Crippen molar-refractivity contribution in [3.05, 3.63) is 0 Å². The third-order valence-electron chi connectivity index (χ3n) is 4.55. The van der Waals surface area contributed by atoms with Gasteiger partial charge in [-0.1, -0.05) is 12.8 Å². The van der Waals surface area contributed by atoms with Gasteiger partial charge in [-0.2, -0.15) is 0 Å². The molecule has 3 rings (SSSR count). The molecule has 3 fully saturated rings. The average molecular weight is 196 g/mol. The van der Waals surface area contributed by atoms with Crippen molar-refractivity contribution in [1.29, 1.82) is 0 Å². The van der Waals surface area contributed by atoms with Crippen LogP contribution in [0.4, 0.5) is 0 Å². The van der Waals surface area contributed by atoms with Gasteiger partial charge in [0.05, 0.1) is 12.0 Å². The number of fused-ring (bicyclic) bond motifs is 2. The van der Waals surface area contributed by atoms with Crippen molar-refractivity contribution >= 4 is 5.97 Å². The highest BCUT2D eigenvalue weighted by molar-refractivity contribution is 5.73. The second kappa shape index (κ2) is 2.72. The minimum atomic E-state index is -0.585. The Kier molecular flexibility index (Phi) is 1.69. The molecule has 0 amide bonds. The molecule has 3 nitrogen and oxygen atoms in total. The number of carboxylic acid groups (broad SMARTS) is 1. The van der Waals surface area contributed by atoms with Gasteiger partial charge in [-0.05, 0) is 19.3 Å². The van der Waals surface area contributed by atoms with Crippen LogP contribution in [-0.4, -0.2) is 23.8 Å². The van der Waals surface area contributed by atoms with E-state index >= 15 is 0 Å². The summed E-state index contributed by atoms with van der Waals surface area (Å²) in [4.78, 5) is 11.2. The molecule has 14 heavy (non-hydrogen) atoms. The minimum absolute atomic E-state index is 0.0347. The van der Waals surface area contributed by atoms with E-state index in [1.54, 1.807) is 0 Å². The van der Waals surface area contributed by atoms with Crippen molar-refractivity contribution in [3.63, 3.8) is 0 Å². The van der Waals surface area contributed by atoms with Crippen LogP contribution in [0.1, 0.15) is 32.1 Å². The van der Waals surface area contributed by atoms with Gasteiger partial charge in [-0.3, -0.25) is 4.79 Å². The second-order valence-corrected chi connectivity index (χ2v) is 5.00. The maximum Gasteiger partial charge on any atom is 0.307 e. The summed E-state index contributed by atoms with van der Waals surface area (Å²) in [5.41, 5.74) is 0.0347. The standard InChI is InChI=1S/C11H16O3/c12-10(13)8-7-3-6-14-9(7)11(8)4-1-2-5-11/h7-9H,1-6H2,(H,12,13)/t7-,8-,9+/m0/s1. The number of ether oxygens (including phenoxy) is 1. The van der Waals surface area contributed by atoms with Gasteiger partial charge in [0, 0.05) is 17.9 Å². The van der Waals surface area contributed by atoms with Crippen molar-refractivity contribution in [2.45, 2.75) is 38.2 Å². The molecule has 78 valence electrons. The highest BCUT2D eigenvalue weighted by Crippen LogP contribution is 2.64. The number of rotatable bonds is 1. The molecule has 0 aromatic carbocycles. The summed E-state index contributed by atoms with van der Waals surface area (Å²) < 4.78 is 5.71. The van der Waals surface area contributed by atoms with Gasteiger partial charge in [-0.15, -0.1) is 0 Å². The van der Waals surface area contributed by atoms with E-state index in [9.17, 15) is 9.90 Å². The Bertz CT molecular complexity index is 268. The molecule has 3 aliphatic rings. The van der Waals surface area contributed by atoms with Gasteiger partial charge in [0.2, 0.25) is 0 Å². The predicted octanol–water partition coefficient (Wildman–Crippen LogP) is 1.67. The molecule has 1 heterocycles. The Hall–Kier alpha value is -0.570. The van der Waals surface area contributed by atoms with Crippen LogP contribution in [0, 0.1) is 17.3 Å².